The third-order valence-corrected chi connectivity index (χ3v) is 4.46. The molecular formula is C22H23FN2O4. The van der Waals surface area contributed by atoms with Gasteiger partial charge in [0.25, 0.3) is 5.91 Å². The van der Waals surface area contributed by atoms with E-state index in [4.69, 9.17) is 9.47 Å². The Morgan fingerprint density at radius 3 is 2.41 bits per heavy atom. The average molecular weight is 398 g/mol. The fraction of sp³-hybridized carbons (Fsp3) is 0.273. The predicted molar refractivity (Wildman–Crippen MR) is 109 cm³/mol. The summed E-state index contributed by atoms with van der Waals surface area (Å²) in [6, 6.07) is 13.2. The maximum absolute atomic E-state index is 12.9. The third-order valence-electron chi connectivity index (χ3n) is 4.46. The molecule has 3 rings (SSSR count). The van der Waals surface area contributed by atoms with Crippen LogP contribution in [0, 0.1) is 5.82 Å². The Morgan fingerprint density at radius 2 is 1.76 bits per heavy atom. The smallest absolute Gasteiger partial charge is 0.331 e. The van der Waals surface area contributed by atoms with E-state index in [1.54, 1.807) is 0 Å². The number of hydrogen-bond donors (Lipinski definition) is 1. The second-order valence-electron chi connectivity index (χ2n) is 6.60. The van der Waals surface area contributed by atoms with E-state index < -0.39 is 18.0 Å². The molecule has 1 amide bonds. The fourth-order valence-corrected chi connectivity index (χ4v) is 2.83. The Kier molecular flexibility index (Phi) is 6.97. The summed E-state index contributed by atoms with van der Waals surface area (Å²) in [6.07, 6.45) is 1.74. The van der Waals surface area contributed by atoms with E-state index in [1.165, 1.54) is 43.3 Å². The number of ether oxygens (including phenoxy) is 2. The van der Waals surface area contributed by atoms with Crippen molar-refractivity contribution in [1.82, 2.24) is 0 Å². The molecule has 1 aliphatic rings. The van der Waals surface area contributed by atoms with Gasteiger partial charge >= 0.3 is 5.97 Å². The van der Waals surface area contributed by atoms with Crippen LogP contribution in [0.25, 0.3) is 6.08 Å². The van der Waals surface area contributed by atoms with Gasteiger partial charge in [-0.2, -0.15) is 0 Å². The van der Waals surface area contributed by atoms with Gasteiger partial charge in [0.05, 0.1) is 13.2 Å². The Hall–Kier alpha value is -3.19. The highest BCUT2D eigenvalue weighted by Crippen LogP contribution is 2.19. The van der Waals surface area contributed by atoms with Crippen molar-refractivity contribution in [1.29, 1.82) is 0 Å². The summed E-state index contributed by atoms with van der Waals surface area (Å²) in [5, 5.41) is 2.73. The van der Waals surface area contributed by atoms with Crippen LogP contribution in [0.1, 0.15) is 12.5 Å². The first-order chi connectivity index (χ1) is 14.0. The molecule has 1 N–H and O–H groups in total. The summed E-state index contributed by atoms with van der Waals surface area (Å²) in [7, 11) is 0. The highest BCUT2D eigenvalue weighted by Gasteiger charge is 2.17. The molecule has 0 saturated carbocycles. The van der Waals surface area contributed by atoms with Gasteiger partial charge < -0.3 is 19.7 Å². The molecule has 0 bridgehead atoms. The molecule has 0 aromatic heterocycles. The van der Waals surface area contributed by atoms with Gasteiger partial charge in [0, 0.05) is 30.5 Å². The van der Waals surface area contributed by atoms with Crippen molar-refractivity contribution >= 4 is 29.3 Å². The van der Waals surface area contributed by atoms with Crippen LogP contribution in [-0.4, -0.2) is 44.3 Å². The van der Waals surface area contributed by atoms with Crippen molar-refractivity contribution in [2.24, 2.45) is 0 Å². The number of hydrogen-bond acceptors (Lipinski definition) is 5. The maximum atomic E-state index is 12.9. The van der Waals surface area contributed by atoms with Gasteiger partial charge in [0.15, 0.2) is 6.10 Å². The van der Waals surface area contributed by atoms with Crippen LogP contribution < -0.4 is 10.2 Å². The Balaban J connectivity index is 1.49. The SMILES string of the molecule is C[C@H](OC(=O)/C=C/c1ccc(F)cc1)C(=O)Nc1ccc(N2CCOCC2)cc1. The highest BCUT2D eigenvalue weighted by molar-refractivity contribution is 5.96. The predicted octanol–water partition coefficient (Wildman–Crippen LogP) is 3.25. The number of rotatable bonds is 6. The van der Waals surface area contributed by atoms with E-state index in [-0.39, 0.29) is 5.82 Å². The summed E-state index contributed by atoms with van der Waals surface area (Å²) in [4.78, 5) is 26.4. The number of amides is 1. The van der Waals surface area contributed by atoms with Crippen molar-refractivity contribution < 1.29 is 23.5 Å². The number of esters is 1. The van der Waals surface area contributed by atoms with Crippen molar-refractivity contribution in [3.8, 4) is 0 Å². The van der Waals surface area contributed by atoms with E-state index in [2.05, 4.69) is 10.2 Å². The van der Waals surface area contributed by atoms with Crippen LogP contribution in [0.3, 0.4) is 0 Å². The normalized spacial score (nSPS) is 15.2. The van der Waals surface area contributed by atoms with Gasteiger partial charge in [-0.25, -0.2) is 9.18 Å². The topological polar surface area (TPSA) is 67.9 Å². The molecule has 6 nitrogen and oxygen atoms in total. The zero-order chi connectivity index (χ0) is 20.6. The van der Waals surface area contributed by atoms with Gasteiger partial charge in [-0.05, 0) is 55.0 Å². The molecule has 7 heteroatoms. The van der Waals surface area contributed by atoms with Gasteiger partial charge in [-0.1, -0.05) is 12.1 Å². The lowest BCUT2D eigenvalue weighted by atomic mass is 10.2. The molecule has 2 aromatic rings. The van der Waals surface area contributed by atoms with Crippen molar-refractivity contribution in [3.05, 3.63) is 66.0 Å². The zero-order valence-electron chi connectivity index (χ0n) is 16.1. The van der Waals surface area contributed by atoms with Gasteiger partial charge in [0.1, 0.15) is 5.82 Å². The second-order valence-corrected chi connectivity index (χ2v) is 6.60. The quantitative estimate of drug-likeness (QED) is 0.598. The van der Waals surface area contributed by atoms with Gasteiger partial charge in [-0.3, -0.25) is 4.79 Å². The third kappa shape index (κ3) is 6.15. The first kappa shape index (κ1) is 20.5. The number of carbonyl (C=O) groups excluding carboxylic acids is 2. The van der Waals surface area contributed by atoms with Gasteiger partial charge in [0.2, 0.25) is 0 Å². The number of anilines is 2. The molecule has 0 radical (unpaired) electrons. The van der Waals surface area contributed by atoms with Crippen LogP contribution in [0.4, 0.5) is 15.8 Å². The summed E-state index contributed by atoms with van der Waals surface area (Å²) in [5.74, 6) is -1.43. The largest absolute Gasteiger partial charge is 0.449 e. The molecule has 1 heterocycles. The minimum Gasteiger partial charge on any atom is -0.449 e. The molecule has 29 heavy (non-hydrogen) atoms. The number of carbonyl (C=O) groups is 2. The molecule has 2 aromatic carbocycles. The second kappa shape index (κ2) is 9.84. The van der Waals surface area contributed by atoms with Crippen molar-refractivity contribution in [3.63, 3.8) is 0 Å². The molecule has 0 aliphatic carbocycles. The first-order valence-corrected chi connectivity index (χ1v) is 9.39. The van der Waals surface area contributed by atoms with E-state index in [9.17, 15) is 14.0 Å². The van der Waals surface area contributed by atoms with Gasteiger partial charge in [-0.15, -0.1) is 0 Å². The lowest BCUT2D eigenvalue weighted by Gasteiger charge is -2.28. The Labute approximate surface area is 168 Å². The number of nitrogens with zero attached hydrogens (tertiary/aromatic N) is 1. The highest BCUT2D eigenvalue weighted by atomic mass is 19.1. The number of nitrogens with one attached hydrogen (secondary N) is 1. The first-order valence-electron chi connectivity index (χ1n) is 9.39. The van der Waals surface area contributed by atoms with E-state index in [1.807, 2.05) is 24.3 Å². The van der Waals surface area contributed by atoms with Crippen molar-refractivity contribution in [2.45, 2.75) is 13.0 Å². The number of halogens is 1. The molecule has 1 saturated heterocycles. The summed E-state index contributed by atoms with van der Waals surface area (Å²) < 4.78 is 23.3. The lowest BCUT2D eigenvalue weighted by molar-refractivity contribution is -0.148. The molecule has 0 spiro atoms. The molecule has 0 unspecified atom stereocenters. The fourth-order valence-electron chi connectivity index (χ4n) is 2.83. The summed E-state index contributed by atoms with van der Waals surface area (Å²) in [5.41, 5.74) is 2.34. The lowest BCUT2D eigenvalue weighted by Crippen LogP contribution is -2.36. The average Bonchev–Trinajstić information content (AvgIpc) is 2.74. The minimum absolute atomic E-state index is 0.354. The Morgan fingerprint density at radius 1 is 1.10 bits per heavy atom. The van der Waals surface area contributed by atoms with E-state index in [0.717, 1.165) is 18.8 Å². The maximum Gasteiger partial charge on any atom is 0.331 e. The van der Waals surface area contributed by atoms with Crippen LogP contribution in [0.15, 0.2) is 54.6 Å². The number of morpholine rings is 1. The van der Waals surface area contributed by atoms with Crippen molar-refractivity contribution in [2.75, 3.05) is 36.5 Å². The molecular weight excluding hydrogens is 375 g/mol. The monoisotopic (exact) mass is 398 g/mol. The van der Waals surface area contributed by atoms with Crippen LogP contribution >= 0.6 is 0 Å². The van der Waals surface area contributed by atoms with E-state index in [0.29, 0.717) is 24.5 Å². The molecule has 1 aliphatic heterocycles. The minimum atomic E-state index is -0.959. The Bertz CT molecular complexity index is 859. The van der Waals surface area contributed by atoms with Crippen LogP contribution in [0.2, 0.25) is 0 Å². The molecule has 1 fully saturated rings. The zero-order valence-corrected chi connectivity index (χ0v) is 16.1. The number of benzene rings is 2. The summed E-state index contributed by atoms with van der Waals surface area (Å²) >= 11 is 0. The summed E-state index contributed by atoms with van der Waals surface area (Å²) in [6.45, 7) is 4.59. The van der Waals surface area contributed by atoms with Crippen LogP contribution in [0.5, 0.6) is 0 Å². The molecule has 152 valence electrons. The van der Waals surface area contributed by atoms with Crippen LogP contribution in [-0.2, 0) is 19.1 Å². The molecule has 1 atom stereocenters. The standard InChI is InChI=1S/C22H23FN2O4/c1-16(29-21(26)11-4-17-2-5-18(23)6-3-17)22(27)24-19-7-9-20(10-8-19)25-12-14-28-15-13-25/h2-11,16H,12-15H2,1H3,(H,24,27)/b11-4+/t16-/m0/s1. The van der Waals surface area contributed by atoms with E-state index >= 15 is 0 Å².